The van der Waals surface area contributed by atoms with Crippen molar-refractivity contribution in [1.82, 2.24) is 0 Å². The first-order valence-corrected chi connectivity index (χ1v) is 7.49. The fourth-order valence-electron chi connectivity index (χ4n) is 2.22. The number of nitrogens with zero attached hydrogens (tertiary/aromatic N) is 1. The average molecular weight is 319 g/mol. The van der Waals surface area contributed by atoms with Gasteiger partial charge in [0.25, 0.3) is 0 Å². The molecule has 0 spiro atoms. The van der Waals surface area contributed by atoms with E-state index in [0.717, 1.165) is 11.3 Å². The molecule has 1 N–H and O–H groups in total. The summed E-state index contributed by atoms with van der Waals surface area (Å²) in [6, 6.07) is 8.74. The van der Waals surface area contributed by atoms with Gasteiger partial charge in [0, 0.05) is 6.07 Å². The summed E-state index contributed by atoms with van der Waals surface area (Å²) in [5.74, 6) is -0.379. The van der Waals surface area contributed by atoms with Crippen molar-refractivity contribution in [2.24, 2.45) is 0 Å². The predicted molar refractivity (Wildman–Crippen MR) is 81.4 cm³/mol. The van der Waals surface area contributed by atoms with Crippen LogP contribution in [0.25, 0.3) is 0 Å². The van der Waals surface area contributed by atoms with Crippen LogP contribution in [0, 0.1) is 0 Å². The molecule has 22 heavy (non-hydrogen) atoms. The van der Waals surface area contributed by atoms with Crippen LogP contribution in [0.3, 0.4) is 0 Å². The molecule has 114 valence electrons. The summed E-state index contributed by atoms with van der Waals surface area (Å²) in [5.41, 5.74) is 0.662. The Balaban J connectivity index is 2.04. The van der Waals surface area contributed by atoms with E-state index in [2.05, 4.69) is 0 Å². The number of carboxylic acid groups (broad SMARTS) is 1. The highest BCUT2D eigenvalue weighted by Crippen LogP contribution is 2.50. The van der Waals surface area contributed by atoms with Crippen molar-refractivity contribution < 1.29 is 24.2 Å². The van der Waals surface area contributed by atoms with Crippen LogP contribution in [0.4, 0.5) is 10.7 Å². The normalized spacial score (nSPS) is 12.1. The lowest BCUT2D eigenvalue weighted by Crippen LogP contribution is -2.26. The van der Waals surface area contributed by atoms with E-state index in [0.29, 0.717) is 27.1 Å². The molecule has 0 fully saturated rings. The molecule has 0 amide bonds. The van der Waals surface area contributed by atoms with Gasteiger partial charge in [-0.05, 0) is 19.1 Å². The highest BCUT2D eigenvalue weighted by molar-refractivity contribution is 7.18. The van der Waals surface area contributed by atoms with E-state index in [1.807, 2.05) is 6.07 Å². The number of rotatable bonds is 4. The summed E-state index contributed by atoms with van der Waals surface area (Å²) >= 11 is 1.16. The van der Waals surface area contributed by atoms with Crippen molar-refractivity contribution in [2.45, 2.75) is 6.92 Å². The maximum atomic E-state index is 11.9. The van der Waals surface area contributed by atoms with Crippen molar-refractivity contribution >= 4 is 34.0 Å². The lowest BCUT2D eigenvalue weighted by Gasteiger charge is -2.28. The van der Waals surface area contributed by atoms with Crippen LogP contribution in [-0.4, -0.2) is 30.2 Å². The van der Waals surface area contributed by atoms with Gasteiger partial charge in [0.05, 0.1) is 12.3 Å². The number of fused-ring (bicyclic) bond motifs is 2. The Morgan fingerprint density at radius 1 is 1.32 bits per heavy atom. The molecule has 1 aromatic heterocycles. The van der Waals surface area contributed by atoms with E-state index in [1.54, 1.807) is 36.1 Å². The number of anilines is 2. The summed E-state index contributed by atoms with van der Waals surface area (Å²) in [5, 5.41) is 9.73. The molecule has 0 atom stereocenters. The number of carbonyl (C=O) groups excluding carboxylic acids is 1. The zero-order chi connectivity index (χ0) is 15.7. The maximum Gasteiger partial charge on any atom is 0.348 e. The second-order valence-corrected chi connectivity index (χ2v) is 5.58. The van der Waals surface area contributed by atoms with Crippen LogP contribution < -0.4 is 9.64 Å². The second-order valence-electron chi connectivity index (χ2n) is 4.55. The number of carbonyl (C=O) groups is 2. The Morgan fingerprint density at radius 3 is 2.82 bits per heavy atom. The first-order chi connectivity index (χ1) is 10.6. The largest absolute Gasteiger partial charge is 0.480 e. The molecule has 1 aliphatic rings. The Morgan fingerprint density at radius 2 is 2.09 bits per heavy atom. The Labute approximate surface area is 130 Å². The number of thiophene rings is 1. The first kappa shape index (κ1) is 14.4. The Bertz CT molecular complexity index is 739. The van der Waals surface area contributed by atoms with Crippen LogP contribution in [0.15, 0.2) is 30.3 Å². The number of para-hydroxylation sites is 2. The number of esters is 1. The average Bonchev–Trinajstić information content (AvgIpc) is 2.91. The van der Waals surface area contributed by atoms with E-state index < -0.39 is 11.9 Å². The molecule has 0 aliphatic carbocycles. The molecule has 3 rings (SSSR count). The van der Waals surface area contributed by atoms with Gasteiger partial charge in [-0.25, -0.2) is 4.79 Å². The summed E-state index contributed by atoms with van der Waals surface area (Å²) in [6.45, 7) is 1.80. The van der Waals surface area contributed by atoms with Crippen LogP contribution in [0.1, 0.15) is 16.6 Å². The topological polar surface area (TPSA) is 76.1 Å². The molecular formula is C15H13NO5S. The molecule has 0 radical (unpaired) electrons. The van der Waals surface area contributed by atoms with Crippen molar-refractivity contribution in [3.8, 4) is 11.5 Å². The minimum Gasteiger partial charge on any atom is -0.480 e. The van der Waals surface area contributed by atoms with E-state index in [1.165, 1.54) is 0 Å². The van der Waals surface area contributed by atoms with E-state index in [-0.39, 0.29) is 13.2 Å². The van der Waals surface area contributed by atoms with Crippen LogP contribution in [0.5, 0.6) is 11.5 Å². The van der Waals surface area contributed by atoms with E-state index >= 15 is 0 Å². The van der Waals surface area contributed by atoms with Crippen molar-refractivity contribution in [3.63, 3.8) is 0 Å². The van der Waals surface area contributed by atoms with E-state index in [9.17, 15) is 9.59 Å². The molecule has 2 aromatic rings. The number of carboxylic acids is 1. The van der Waals surface area contributed by atoms with Crippen LogP contribution >= 0.6 is 11.3 Å². The molecule has 7 heteroatoms. The van der Waals surface area contributed by atoms with Crippen LogP contribution in [0.2, 0.25) is 0 Å². The highest BCUT2D eigenvalue weighted by atomic mass is 32.1. The van der Waals surface area contributed by atoms with Crippen molar-refractivity contribution in [1.29, 1.82) is 0 Å². The van der Waals surface area contributed by atoms with Gasteiger partial charge in [0.15, 0.2) is 11.5 Å². The number of ether oxygens (including phenoxy) is 2. The Kier molecular flexibility index (Phi) is 3.72. The smallest absolute Gasteiger partial charge is 0.348 e. The second kappa shape index (κ2) is 5.69. The van der Waals surface area contributed by atoms with E-state index in [4.69, 9.17) is 14.6 Å². The van der Waals surface area contributed by atoms with Gasteiger partial charge in [0.2, 0.25) is 0 Å². The summed E-state index contributed by atoms with van der Waals surface area (Å²) in [6.07, 6.45) is 0. The monoisotopic (exact) mass is 319 g/mol. The number of hydrogen-bond donors (Lipinski definition) is 1. The number of benzene rings is 1. The minimum absolute atomic E-state index is 0.212. The molecule has 0 bridgehead atoms. The van der Waals surface area contributed by atoms with Gasteiger partial charge in [-0.15, -0.1) is 11.3 Å². The summed E-state index contributed by atoms with van der Waals surface area (Å²) in [4.78, 5) is 25.0. The molecular weight excluding hydrogens is 306 g/mol. The molecule has 0 saturated heterocycles. The molecule has 2 heterocycles. The van der Waals surface area contributed by atoms with Gasteiger partial charge >= 0.3 is 11.9 Å². The molecule has 1 aromatic carbocycles. The van der Waals surface area contributed by atoms with Gasteiger partial charge in [-0.3, -0.25) is 4.79 Å². The lowest BCUT2D eigenvalue weighted by atomic mass is 10.2. The fourth-order valence-corrected chi connectivity index (χ4v) is 3.21. The molecule has 0 unspecified atom stereocenters. The summed E-state index contributed by atoms with van der Waals surface area (Å²) < 4.78 is 10.7. The van der Waals surface area contributed by atoms with Crippen molar-refractivity contribution in [3.05, 3.63) is 35.2 Å². The zero-order valence-electron chi connectivity index (χ0n) is 11.7. The molecule has 1 aliphatic heterocycles. The number of aliphatic carboxylic acids is 1. The Hall–Kier alpha value is -2.54. The first-order valence-electron chi connectivity index (χ1n) is 6.67. The SMILES string of the molecule is CCOC(=O)c1cc2c(s1)N(CC(=O)O)c1ccccc1O2. The lowest BCUT2D eigenvalue weighted by molar-refractivity contribution is -0.135. The molecule has 6 nitrogen and oxygen atoms in total. The van der Waals surface area contributed by atoms with Gasteiger partial charge in [-0.2, -0.15) is 0 Å². The minimum atomic E-state index is -0.964. The maximum absolute atomic E-state index is 11.9. The quantitative estimate of drug-likeness (QED) is 0.872. The van der Waals surface area contributed by atoms with Gasteiger partial charge in [0.1, 0.15) is 16.4 Å². The summed E-state index contributed by atoms with van der Waals surface area (Å²) in [7, 11) is 0. The van der Waals surface area contributed by atoms with Crippen LogP contribution in [-0.2, 0) is 9.53 Å². The zero-order valence-corrected chi connectivity index (χ0v) is 12.6. The highest BCUT2D eigenvalue weighted by Gasteiger charge is 2.29. The third kappa shape index (κ3) is 2.50. The van der Waals surface area contributed by atoms with Gasteiger partial charge in [-0.1, -0.05) is 12.1 Å². The molecule has 0 saturated carbocycles. The predicted octanol–water partition coefficient (Wildman–Crippen LogP) is 3.25. The fraction of sp³-hybridized carbons (Fsp3) is 0.200. The third-order valence-electron chi connectivity index (χ3n) is 3.07. The third-order valence-corrected chi connectivity index (χ3v) is 4.19. The number of hydrogen-bond acceptors (Lipinski definition) is 6. The standard InChI is InChI=1S/C15H13NO5S/c1-2-20-15(19)12-7-11-14(22-12)16(8-13(17)18)9-5-3-4-6-10(9)21-11/h3-7H,2,8H2,1H3,(H,17,18). The van der Waals surface area contributed by atoms with Gasteiger partial charge < -0.3 is 19.5 Å². The van der Waals surface area contributed by atoms with Crippen molar-refractivity contribution in [2.75, 3.05) is 18.1 Å².